The van der Waals surface area contributed by atoms with Crippen LogP contribution in [0.25, 0.3) is 0 Å². The van der Waals surface area contributed by atoms with Crippen molar-refractivity contribution in [1.29, 1.82) is 0 Å². The first-order chi connectivity index (χ1) is 18.1. The summed E-state index contributed by atoms with van der Waals surface area (Å²) in [5.74, 6) is -0.733. The van der Waals surface area contributed by atoms with Crippen LogP contribution < -0.4 is 5.32 Å². The van der Waals surface area contributed by atoms with Gasteiger partial charge in [0, 0.05) is 31.0 Å². The fourth-order valence-corrected chi connectivity index (χ4v) is 5.35. The molecule has 0 unspecified atom stereocenters. The van der Waals surface area contributed by atoms with E-state index in [1.165, 1.54) is 24.1 Å². The molecule has 1 atom stereocenters. The highest BCUT2D eigenvalue weighted by atomic mass is 79.9. The van der Waals surface area contributed by atoms with E-state index < -0.39 is 28.5 Å². The summed E-state index contributed by atoms with van der Waals surface area (Å²) in [6.07, 6.45) is 1.05. The quantitative estimate of drug-likeness (QED) is 0.331. The molecule has 202 valence electrons. The van der Waals surface area contributed by atoms with Crippen molar-refractivity contribution in [2.24, 2.45) is 0 Å². The van der Waals surface area contributed by atoms with Crippen LogP contribution in [0, 0.1) is 6.92 Å². The Kier molecular flexibility index (Phi) is 10.6. The first kappa shape index (κ1) is 29.5. The highest BCUT2D eigenvalue weighted by molar-refractivity contribution is 9.10. The third kappa shape index (κ3) is 7.99. The second kappa shape index (κ2) is 13.7. The lowest BCUT2D eigenvalue weighted by Gasteiger charge is -2.32. The molecule has 3 aromatic carbocycles. The van der Waals surface area contributed by atoms with Gasteiger partial charge in [-0.15, -0.1) is 0 Å². The predicted octanol–water partition coefficient (Wildman–Crippen LogP) is 4.54. The summed E-state index contributed by atoms with van der Waals surface area (Å²) >= 11 is 3.43. The molecule has 0 fully saturated rings. The standard InChI is InChI=1S/C29H34BrN3O4S/c1-4-18-31-29(35)27(19-23-8-6-5-7-9-23)33(20-24-12-14-25(30)15-13-24)28(34)21-32(3)38(36,37)26-16-10-22(2)11-17-26/h5-17,27H,4,18-21H2,1-3H3,(H,31,35)/t27-/m0/s1. The fraction of sp³-hybridized carbons (Fsp3) is 0.310. The number of hydrogen-bond acceptors (Lipinski definition) is 4. The van der Waals surface area contributed by atoms with Crippen molar-refractivity contribution in [2.75, 3.05) is 20.1 Å². The number of rotatable bonds is 12. The van der Waals surface area contributed by atoms with Crippen molar-refractivity contribution in [2.45, 2.75) is 44.2 Å². The first-order valence-corrected chi connectivity index (χ1v) is 14.7. The number of benzene rings is 3. The molecule has 3 aromatic rings. The average molecular weight is 601 g/mol. The molecule has 7 nitrogen and oxygen atoms in total. The Bertz CT molecular complexity index is 1310. The van der Waals surface area contributed by atoms with Gasteiger partial charge in [-0.2, -0.15) is 4.31 Å². The van der Waals surface area contributed by atoms with E-state index in [9.17, 15) is 18.0 Å². The number of nitrogens with one attached hydrogen (secondary N) is 1. The summed E-state index contributed by atoms with van der Waals surface area (Å²) < 4.78 is 28.3. The van der Waals surface area contributed by atoms with Crippen LogP contribution in [0.4, 0.5) is 0 Å². The van der Waals surface area contributed by atoms with Gasteiger partial charge in [0.15, 0.2) is 0 Å². The highest BCUT2D eigenvalue weighted by Gasteiger charge is 2.32. The molecule has 0 spiro atoms. The van der Waals surface area contributed by atoms with Gasteiger partial charge in [-0.3, -0.25) is 9.59 Å². The van der Waals surface area contributed by atoms with Crippen LogP contribution in [-0.2, 0) is 32.6 Å². The Balaban J connectivity index is 1.95. The number of amides is 2. The van der Waals surface area contributed by atoms with Crippen LogP contribution in [0.2, 0.25) is 0 Å². The maximum atomic E-state index is 13.8. The number of carbonyl (C=O) groups excluding carboxylic acids is 2. The highest BCUT2D eigenvalue weighted by Crippen LogP contribution is 2.19. The van der Waals surface area contributed by atoms with E-state index in [-0.39, 0.29) is 17.3 Å². The third-order valence-electron chi connectivity index (χ3n) is 6.17. The molecule has 0 aliphatic heterocycles. The number of nitrogens with zero attached hydrogens (tertiary/aromatic N) is 2. The Hall–Kier alpha value is -3.01. The van der Waals surface area contributed by atoms with Crippen molar-refractivity contribution in [1.82, 2.24) is 14.5 Å². The molecule has 2 amide bonds. The van der Waals surface area contributed by atoms with Crippen molar-refractivity contribution < 1.29 is 18.0 Å². The molecule has 0 radical (unpaired) electrons. The SMILES string of the molecule is CCCNC(=O)[C@H](Cc1ccccc1)N(Cc1ccc(Br)cc1)C(=O)CN(C)S(=O)(=O)c1ccc(C)cc1. The Morgan fingerprint density at radius 2 is 1.55 bits per heavy atom. The summed E-state index contributed by atoms with van der Waals surface area (Å²) in [7, 11) is -2.52. The molecule has 0 saturated carbocycles. The van der Waals surface area contributed by atoms with Gasteiger partial charge < -0.3 is 10.2 Å². The maximum Gasteiger partial charge on any atom is 0.243 e. The minimum absolute atomic E-state index is 0.111. The van der Waals surface area contributed by atoms with Crippen molar-refractivity contribution in [3.8, 4) is 0 Å². The van der Waals surface area contributed by atoms with Crippen molar-refractivity contribution >= 4 is 37.8 Å². The van der Waals surface area contributed by atoms with E-state index in [2.05, 4.69) is 21.2 Å². The second-order valence-electron chi connectivity index (χ2n) is 9.22. The molecule has 0 heterocycles. The zero-order valence-corrected chi connectivity index (χ0v) is 24.3. The summed E-state index contributed by atoms with van der Waals surface area (Å²) in [6.45, 7) is 4.06. The lowest BCUT2D eigenvalue weighted by Crippen LogP contribution is -2.53. The minimum Gasteiger partial charge on any atom is -0.354 e. The van der Waals surface area contributed by atoms with E-state index in [0.717, 1.165) is 31.9 Å². The van der Waals surface area contributed by atoms with E-state index >= 15 is 0 Å². The molecule has 0 aliphatic rings. The number of sulfonamides is 1. The number of carbonyl (C=O) groups is 2. The normalized spacial score (nSPS) is 12.2. The van der Waals surface area contributed by atoms with Gasteiger partial charge in [0.1, 0.15) is 6.04 Å². The molecular weight excluding hydrogens is 566 g/mol. The topological polar surface area (TPSA) is 86.8 Å². The Labute approximate surface area is 234 Å². The molecule has 0 saturated heterocycles. The van der Waals surface area contributed by atoms with Crippen LogP contribution in [0.5, 0.6) is 0 Å². The number of aryl methyl sites for hydroxylation is 1. The van der Waals surface area contributed by atoms with Gasteiger partial charge in [-0.25, -0.2) is 8.42 Å². The fourth-order valence-electron chi connectivity index (χ4n) is 3.96. The maximum absolute atomic E-state index is 13.8. The zero-order chi connectivity index (χ0) is 27.7. The lowest BCUT2D eigenvalue weighted by molar-refractivity contribution is -0.141. The lowest BCUT2D eigenvalue weighted by atomic mass is 10.0. The Morgan fingerprint density at radius 1 is 0.921 bits per heavy atom. The van der Waals surface area contributed by atoms with Gasteiger partial charge >= 0.3 is 0 Å². The molecule has 38 heavy (non-hydrogen) atoms. The van der Waals surface area contributed by atoms with E-state index in [0.29, 0.717) is 13.0 Å². The van der Waals surface area contributed by atoms with Crippen LogP contribution in [0.15, 0.2) is 88.2 Å². The Morgan fingerprint density at radius 3 is 2.16 bits per heavy atom. The largest absolute Gasteiger partial charge is 0.354 e. The molecule has 3 rings (SSSR count). The average Bonchev–Trinajstić information content (AvgIpc) is 2.91. The van der Waals surface area contributed by atoms with Gasteiger partial charge in [-0.05, 0) is 48.7 Å². The third-order valence-corrected chi connectivity index (χ3v) is 8.52. The van der Waals surface area contributed by atoms with E-state index in [1.54, 1.807) is 12.1 Å². The molecule has 0 aliphatic carbocycles. The van der Waals surface area contributed by atoms with E-state index in [1.807, 2.05) is 68.4 Å². The van der Waals surface area contributed by atoms with Gasteiger partial charge in [0.2, 0.25) is 21.8 Å². The number of likely N-dealkylation sites (N-methyl/N-ethyl adjacent to an activating group) is 1. The van der Waals surface area contributed by atoms with Crippen LogP contribution in [0.3, 0.4) is 0 Å². The second-order valence-corrected chi connectivity index (χ2v) is 12.2. The van der Waals surface area contributed by atoms with Crippen molar-refractivity contribution in [3.63, 3.8) is 0 Å². The van der Waals surface area contributed by atoms with Gasteiger partial charge in [0.05, 0.1) is 11.4 Å². The number of hydrogen-bond donors (Lipinski definition) is 1. The molecule has 9 heteroatoms. The summed E-state index contributed by atoms with van der Waals surface area (Å²) in [5.41, 5.74) is 2.66. The van der Waals surface area contributed by atoms with Crippen molar-refractivity contribution in [3.05, 3.63) is 100 Å². The summed E-state index contributed by atoms with van der Waals surface area (Å²) in [5, 5.41) is 2.93. The zero-order valence-electron chi connectivity index (χ0n) is 21.9. The molecule has 0 aromatic heterocycles. The number of halogens is 1. The smallest absolute Gasteiger partial charge is 0.243 e. The van der Waals surface area contributed by atoms with Crippen LogP contribution >= 0.6 is 15.9 Å². The van der Waals surface area contributed by atoms with Gasteiger partial charge in [-0.1, -0.05) is 83.0 Å². The summed E-state index contributed by atoms with van der Waals surface area (Å²) in [4.78, 5) is 28.8. The minimum atomic E-state index is -3.90. The van der Waals surface area contributed by atoms with E-state index in [4.69, 9.17) is 0 Å². The monoisotopic (exact) mass is 599 g/mol. The summed E-state index contributed by atoms with van der Waals surface area (Å²) in [6, 6.07) is 22.7. The molecule has 1 N–H and O–H groups in total. The molecular formula is C29H34BrN3O4S. The van der Waals surface area contributed by atoms with Crippen LogP contribution in [0.1, 0.15) is 30.0 Å². The predicted molar refractivity (Wildman–Crippen MR) is 153 cm³/mol. The van der Waals surface area contributed by atoms with Gasteiger partial charge in [0.25, 0.3) is 0 Å². The first-order valence-electron chi connectivity index (χ1n) is 12.5. The van der Waals surface area contributed by atoms with Crippen LogP contribution in [-0.4, -0.2) is 55.6 Å². The molecule has 0 bridgehead atoms.